The second-order valence-electron chi connectivity index (χ2n) is 10.8. The van der Waals surface area contributed by atoms with Crippen LogP contribution in [0.2, 0.25) is 0 Å². The molecule has 1 aromatic rings. The number of rotatable bonds is 10. The molecule has 3 aliphatic heterocycles. The van der Waals surface area contributed by atoms with E-state index in [0.29, 0.717) is 25.8 Å². The number of aliphatic carboxylic acids is 2. The van der Waals surface area contributed by atoms with Gasteiger partial charge in [0, 0.05) is 19.5 Å². The van der Waals surface area contributed by atoms with Crippen molar-refractivity contribution in [3.8, 4) is 0 Å². The lowest BCUT2D eigenvalue weighted by Gasteiger charge is -2.30. The second-order valence-corrected chi connectivity index (χ2v) is 12.6. The highest BCUT2D eigenvalue weighted by atomic mass is 32.2. The maximum Gasteiger partial charge on any atom is 0.335 e. The van der Waals surface area contributed by atoms with Crippen LogP contribution in [0.4, 0.5) is 0 Å². The van der Waals surface area contributed by atoms with Crippen LogP contribution in [0.25, 0.3) is 0 Å². The summed E-state index contributed by atoms with van der Waals surface area (Å²) in [7, 11) is -4.11. The minimum absolute atomic E-state index is 0.0218. The molecule has 5 atom stereocenters. The maximum absolute atomic E-state index is 13.5. The molecule has 0 saturated carbocycles. The zero-order valence-corrected chi connectivity index (χ0v) is 24.8. The van der Waals surface area contributed by atoms with Gasteiger partial charge in [-0.1, -0.05) is 24.9 Å². The van der Waals surface area contributed by atoms with Crippen LogP contribution in [0.1, 0.15) is 63.3 Å². The second kappa shape index (κ2) is 13.9. The lowest BCUT2D eigenvalue weighted by atomic mass is 9.94. The highest BCUT2D eigenvalue weighted by molar-refractivity contribution is 7.89. The van der Waals surface area contributed by atoms with Gasteiger partial charge in [-0.2, -0.15) is 0 Å². The molecular formula is C26H40N4O11S. The van der Waals surface area contributed by atoms with Crippen molar-refractivity contribution < 1.29 is 52.5 Å². The van der Waals surface area contributed by atoms with Gasteiger partial charge in [-0.25, -0.2) is 22.3 Å². The normalized spacial score (nSPS) is 24.1. The largest absolute Gasteiger partial charge is 0.479 e. The monoisotopic (exact) mass is 616 g/mol. The molecule has 4 heterocycles. The molecule has 4 rings (SSSR count). The number of aryl methyl sites for hydroxylation is 2. The van der Waals surface area contributed by atoms with E-state index < -0.39 is 58.1 Å². The van der Waals surface area contributed by atoms with Crippen molar-refractivity contribution in [2.75, 3.05) is 26.2 Å². The number of aliphatic hydroxyl groups is 2. The van der Waals surface area contributed by atoms with Gasteiger partial charge in [-0.3, -0.25) is 9.59 Å². The molecular weight excluding hydrogens is 576 g/mol. The van der Waals surface area contributed by atoms with Crippen molar-refractivity contribution in [3.63, 3.8) is 0 Å². The molecule has 2 amide bonds. The highest BCUT2D eigenvalue weighted by Gasteiger charge is 2.58. The quantitative estimate of drug-likeness (QED) is 0.271. The Labute approximate surface area is 244 Å². The van der Waals surface area contributed by atoms with Gasteiger partial charge in [0.25, 0.3) is 10.0 Å². The molecule has 15 nitrogen and oxygen atoms in total. The molecule has 0 radical (unpaired) electrons. The summed E-state index contributed by atoms with van der Waals surface area (Å²) in [6, 6.07) is -0.928. The number of aromatic nitrogens is 1. The lowest BCUT2D eigenvalue weighted by molar-refractivity contribution is -0.165. The van der Waals surface area contributed by atoms with Crippen molar-refractivity contribution in [2.45, 2.75) is 94.9 Å². The number of piperidine rings is 1. The van der Waals surface area contributed by atoms with E-state index in [-0.39, 0.29) is 22.3 Å². The van der Waals surface area contributed by atoms with E-state index in [4.69, 9.17) is 24.9 Å². The fourth-order valence-corrected chi connectivity index (χ4v) is 7.96. The number of nitrogens with zero attached hydrogens (tertiary/aromatic N) is 4. The minimum Gasteiger partial charge on any atom is -0.479 e. The molecule has 42 heavy (non-hydrogen) atoms. The van der Waals surface area contributed by atoms with Crippen LogP contribution >= 0.6 is 0 Å². The van der Waals surface area contributed by atoms with E-state index in [1.54, 1.807) is 18.7 Å². The third-order valence-corrected chi connectivity index (χ3v) is 10.0. The zero-order chi connectivity index (χ0) is 31.4. The molecule has 1 aromatic heterocycles. The minimum atomic E-state index is -4.11. The Balaban J connectivity index is 0.000000416. The molecule has 16 heteroatoms. The van der Waals surface area contributed by atoms with Gasteiger partial charge < -0.3 is 34.7 Å². The number of amides is 2. The number of aliphatic hydroxyl groups excluding tert-OH is 2. The fourth-order valence-electron chi connectivity index (χ4n) is 6.00. The zero-order valence-electron chi connectivity index (χ0n) is 24.0. The Morgan fingerprint density at radius 3 is 2.12 bits per heavy atom. The van der Waals surface area contributed by atoms with Crippen molar-refractivity contribution in [2.24, 2.45) is 5.92 Å². The molecule has 0 spiro atoms. The average molecular weight is 617 g/mol. The number of hydrogen-bond donors (Lipinski definition) is 4. The third kappa shape index (κ3) is 6.93. The van der Waals surface area contributed by atoms with E-state index in [2.05, 4.69) is 10.1 Å². The molecule has 2 unspecified atom stereocenters. The first-order chi connectivity index (χ1) is 19.7. The average Bonchev–Trinajstić information content (AvgIpc) is 3.60. The number of hydrogen-bond acceptors (Lipinski definition) is 11. The van der Waals surface area contributed by atoms with Gasteiger partial charge >= 0.3 is 11.9 Å². The molecule has 3 fully saturated rings. The number of likely N-dealkylation sites (tertiary alicyclic amines) is 2. The highest BCUT2D eigenvalue weighted by Crippen LogP contribution is 2.42. The van der Waals surface area contributed by atoms with Crippen LogP contribution < -0.4 is 0 Å². The smallest absolute Gasteiger partial charge is 0.335 e. The predicted molar refractivity (Wildman–Crippen MR) is 145 cm³/mol. The van der Waals surface area contributed by atoms with Crippen LogP contribution in [-0.2, 0) is 29.2 Å². The van der Waals surface area contributed by atoms with Crippen LogP contribution in [-0.4, -0.2) is 122 Å². The number of carboxylic acids is 2. The van der Waals surface area contributed by atoms with Gasteiger partial charge in [-0.15, -0.1) is 0 Å². The summed E-state index contributed by atoms with van der Waals surface area (Å²) in [5.74, 6) is -4.24. The van der Waals surface area contributed by atoms with Gasteiger partial charge in [0.2, 0.25) is 11.8 Å². The van der Waals surface area contributed by atoms with E-state index in [9.17, 15) is 27.6 Å². The van der Waals surface area contributed by atoms with Crippen molar-refractivity contribution >= 4 is 33.8 Å². The van der Waals surface area contributed by atoms with Crippen molar-refractivity contribution in [1.82, 2.24) is 19.3 Å². The van der Waals surface area contributed by atoms with Crippen LogP contribution in [0.3, 0.4) is 0 Å². The summed E-state index contributed by atoms with van der Waals surface area (Å²) in [5.41, 5.74) is 0.248. The van der Waals surface area contributed by atoms with Crippen LogP contribution in [0, 0.1) is 19.8 Å². The number of carboxylic acid groups (broad SMARTS) is 2. The Hall–Kier alpha value is -3.08. The third-order valence-electron chi connectivity index (χ3n) is 7.97. The SMILES string of the molecule is CCC[C@H]1C(=O)N(S(=O)(=O)c2c(C)noc2C)[C@H]2CCN(C(=O)CCN3CCCCC3)[C@H]12.O=C(O)C(O)C(O)C(=O)O. The van der Waals surface area contributed by atoms with Crippen molar-refractivity contribution in [3.05, 3.63) is 11.5 Å². The molecule has 3 aliphatic rings. The number of carbonyl (C=O) groups is 4. The molecule has 0 aromatic carbocycles. The first kappa shape index (κ1) is 33.4. The standard InChI is InChI=1S/C22H34N4O5S.C4H6O6/c1-4-8-17-20-18(9-14-25(20)19(27)10-13-24-11-6-5-7-12-24)26(22(17)28)32(29,30)21-15(2)23-31-16(21)3;5-1(3(7)8)2(6)4(9)10/h17-18,20H,4-14H2,1-3H3;1-2,5-6H,(H,7,8)(H,9,10)/t17-,18+,20-;/m1./s1. The van der Waals surface area contributed by atoms with E-state index >= 15 is 0 Å². The summed E-state index contributed by atoms with van der Waals surface area (Å²) in [6.45, 7) is 8.34. The molecule has 236 valence electrons. The van der Waals surface area contributed by atoms with Crippen molar-refractivity contribution in [1.29, 1.82) is 0 Å². The van der Waals surface area contributed by atoms with Crippen LogP contribution in [0.5, 0.6) is 0 Å². The molecule has 0 aliphatic carbocycles. The van der Waals surface area contributed by atoms with E-state index in [1.165, 1.54) is 19.3 Å². The predicted octanol–water partition coefficient (Wildman–Crippen LogP) is -0.0385. The first-order valence-electron chi connectivity index (χ1n) is 14.1. The Morgan fingerprint density at radius 1 is 1.02 bits per heavy atom. The van der Waals surface area contributed by atoms with Gasteiger partial charge in [0.1, 0.15) is 5.69 Å². The number of fused-ring (bicyclic) bond motifs is 1. The Morgan fingerprint density at radius 2 is 1.62 bits per heavy atom. The summed E-state index contributed by atoms with van der Waals surface area (Å²) in [4.78, 5) is 50.2. The summed E-state index contributed by atoms with van der Waals surface area (Å²) >= 11 is 0. The summed E-state index contributed by atoms with van der Waals surface area (Å²) in [6.07, 6.45) is 1.24. The van der Waals surface area contributed by atoms with Gasteiger partial charge in [0.05, 0.1) is 18.0 Å². The summed E-state index contributed by atoms with van der Waals surface area (Å²) < 4.78 is 33.2. The lowest BCUT2D eigenvalue weighted by Crippen LogP contribution is -2.44. The van der Waals surface area contributed by atoms with Gasteiger partial charge in [0.15, 0.2) is 22.9 Å². The Bertz CT molecular complexity index is 1220. The summed E-state index contributed by atoms with van der Waals surface area (Å²) in [5, 5.41) is 36.3. The topological polar surface area (TPSA) is 219 Å². The van der Waals surface area contributed by atoms with Gasteiger partial charge in [-0.05, 0) is 52.6 Å². The van der Waals surface area contributed by atoms with E-state index in [1.807, 2.05) is 6.92 Å². The number of carbonyl (C=O) groups excluding carboxylic acids is 2. The first-order valence-corrected chi connectivity index (χ1v) is 15.5. The molecule has 3 saturated heterocycles. The Kier molecular flexibility index (Phi) is 11.1. The molecule has 4 N–H and O–H groups in total. The van der Waals surface area contributed by atoms with E-state index in [0.717, 1.165) is 30.4 Å². The maximum atomic E-state index is 13.5. The number of sulfonamides is 1. The molecule has 0 bridgehead atoms. The van der Waals surface area contributed by atoms with Crippen LogP contribution in [0.15, 0.2) is 9.42 Å². The fraction of sp³-hybridized carbons (Fsp3) is 0.731.